The van der Waals surface area contributed by atoms with Gasteiger partial charge in [0.15, 0.2) is 0 Å². The summed E-state index contributed by atoms with van der Waals surface area (Å²) in [6, 6.07) is 11.4. The fraction of sp³-hybridized carbons (Fsp3) is 0.0714. The maximum absolute atomic E-state index is 11.1. The molecule has 0 saturated heterocycles. The van der Waals surface area contributed by atoms with Crippen LogP contribution >= 0.6 is 11.8 Å². The smallest absolute Gasteiger partial charge is 0.335 e. The van der Waals surface area contributed by atoms with Gasteiger partial charge in [-0.3, -0.25) is 10.1 Å². The van der Waals surface area contributed by atoms with Crippen LogP contribution in [0.1, 0.15) is 15.9 Å². The number of nitro benzene ring substituents is 1. The highest BCUT2D eigenvalue weighted by Gasteiger charge is 2.17. The van der Waals surface area contributed by atoms with Gasteiger partial charge in [0.2, 0.25) is 0 Å². The van der Waals surface area contributed by atoms with E-state index >= 15 is 0 Å². The topological polar surface area (TPSA) is 80.4 Å². The molecule has 0 spiro atoms. The molecule has 0 aliphatic heterocycles. The van der Waals surface area contributed by atoms with Gasteiger partial charge in [0, 0.05) is 10.5 Å². The van der Waals surface area contributed by atoms with Crippen molar-refractivity contribution in [3.8, 4) is 0 Å². The zero-order valence-electron chi connectivity index (χ0n) is 10.6. The molecule has 1 N–H and O–H groups in total. The van der Waals surface area contributed by atoms with Gasteiger partial charge in [-0.1, -0.05) is 23.9 Å². The summed E-state index contributed by atoms with van der Waals surface area (Å²) in [6.45, 7) is 1.69. The maximum atomic E-state index is 11.1. The number of aryl methyl sites for hydroxylation is 1. The van der Waals surface area contributed by atoms with Crippen molar-refractivity contribution in [2.75, 3.05) is 0 Å². The fourth-order valence-electron chi connectivity index (χ4n) is 1.74. The van der Waals surface area contributed by atoms with Crippen molar-refractivity contribution in [3.05, 3.63) is 63.7 Å². The first-order chi connectivity index (χ1) is 9.49. The number of benzene rings is 2. The molecule has 20 heavy (non-hydrogen) atoms. The Kier molecular flexibility index (Phi) is 4.05. The van der Waals surface area contributed by atoms with E-state index in [4.69, 9.17) is 5.11 Å². The highest BCUT2D eigenvalue weighted by molar-refractivity contribution is 7.99. The number of aromatic carboxylic acids is 1. The number of carboxylic acid groups (broad SMARTS) is 1. The van der Waals surface area contributed by atoms with Gasteiger partial charge in [-0.25, -0.2) is 4.79 Å². The van der Waals surface area contributed by atoms with Gasteiger partial charge >= 0.3 is 5.97 Å². The first-order valence-corrected chi connectivity index (χ1v) is 6.56. The molecular weight excluding hydrogens is 278 g/mol. The van der Waals surface area contributed by atoms with Crippen LogP contribution in [-0.4, -0.2) is 16.0 Å². The first-order valence-electron chi connectivity index (χ1n) is 5.74. The van der Waals surface area contributed by atoms with E-state index in [1.165, 1.54) is 23.9 Å². The van der Waals surface area contributed by atoms with Crippen LogP contribution in [0.5, 0.6) is 0 Å². The second kappa shape index (κ2) is 5.75. The van der Waals surface area contributed by atoms with Crippen molar-refractivity contribution in [2.45, 2.75) is 16.7 Å². The van der Waals surface area contributed by atoms with Crippen LogP contribution in [0.15, 0.2) is 52.3 Å². The maximum Gasteiger partial charge on any atom is 0.335 e. The molecule has 2 rings (SSSR count). The fourth-order valence-corrected chi connectivity index (χ4v) is 2.75. The average molecular weight is 289 g/mol. The Balaban J connectivity index is 2.33. The molecule has 0 atom stereocenters. The molecule has 2 aromatic rings. The van der Waals surface area contributed by atoms with Crippen LogP contribution in [0.3, 0.4) is 0 Å². The molecule has 0 aliphatic carbocycles. The second-order valence-electron chi connectivity index (χ2n) is 4.11. The highest BCUT2D eigenvalue weighted by atomic mass is 32.2. The van der Waals surface area contributed by atoms with E-state index in [0.29, 0.717) is 10.5 Å². The molecule has 2 aromatic carbocycles. The minimum absolute atomic E-state index is 0.0832. The Morgan fingerprint density at radius 3 is 2.40 bits per heavy atom. The van der Waals surface area contributed by atoms with E-state index in [0.717, 1.165) is 4.90 Å². The largest absolute Gasteiger partial charge is 0.478 e. The van der Waals surface area contributed by atoms with Crippen LogP contribution in [0.25, 0.3) is 0 Å². The third-order valence-electron chi connectivity index (χ3n) is 2.71. The van der Waals surface area contributed by atoms with E-state index in [9.17, 15) is 14.9 Å². The number of hydrogen-bond donors (Lipinski definition) is 1. The molecular formula is C14H11NO4S. The average Bonchev–Trinajstić information content (AvgIpc) is 2.39. The Labute approximate surface area is 119 Å². The number of carboxylic acids is 1. The predicted molar refractivity (Wildman–Crippen MR) is 75.4 cm³/mol. The van der Waals surface area contributed by atoms with Crippen molar-refractivity contribution < 1.29 is 14.8 Å². The second-order valence-corrected chi connectivity index (χ2v) is 5.23. The van der Waals surface area contributed by atoms with E-state index in [2.05, 4.69) is 0 Å². The monoisotopic (exact) mass is 289 g/mol. The van der Waals surface area contributed by atoms with Gasteiger partial charge in [-0.2, -0.15) is 0 Å². The van der Waals surface area contributed by atoms with Crippen LogP contribution in [-0.2, 0) is 0 Å². The van der Waals surface area contributed by atoms with Crippen LogP contribution in [0.2, 0.25) is 0 Å². The zero-order chi connectivity index (χ0) is 14.7. The molecule has 0 radical (unpaired) electrons. The number of para-hydroxylation sites is 1. The number of hydrogen-bond acceptors (Lipinski definition) is 4. The van der Waals surface area contributed by atoms with Crippen LogP contribution in [0, 0.1) is 17.0 Å². The first kappa shape index (κ1) is 14.1. The number of nitrogens with zero attached hydrogens (tertiary/aromatic N) is 1. The molecule has 6 heteroatoms. The van der Waals surface area contributed by atoms with Gasteiger partial charge < -0.3 is 5.11 Å². The summed E-state index contributed by atoms with van der Waals surface area (Å²) in [5.74, 6) is -0.997. The lowest BCUT2D eigenvalue weighted by Crippen LogP contribution is -1.95. The van der Waals surface area contributed by atoms with Gasteiger partial charge in [0.1, 0.15) is 0 Å². The van der Waals surface area contributed by atoms with E-state index in [-0.39, 0.29) is 11.3 Å². The van der Waals surface area contributed by atoms with Gasteiger partial charge in [0.05, 0.1) is 15.4 Å². The molecule has 5 nitrogen and oxygen atoms in total. The van der Waals surface area contributed by atoms with E-state index in [1.54, 1.807) is 37.3 Å². The van der Waals surface area contributed by atoms with Gasteiger partial charge in [-0.15, -0.1) is 0 Å². The van der Waals surface area contributed by atoms with E-state index < -0.39 is 10.9 Å². The predicted octanol–water partition coefficient (Wildman–Crippen LogP) is 3.75. The Hall–Kier alpha value is -2.34. The minimum Gasteiger partial charge on any atom is -0.478 e. The Morgan fingerprint density at radius 1 is 1.20 bits per heavy atom. The standard InChI is InChI=1S/C14H11NO4S/c1-9-3-2-4-12(13(9)15(18)19)20-11-7-5-10(6-8-11)14(16)17/h2-8H,1H3,(H,16,17). The van der Waals surface area contributed by atoms with Crippen molar-refractivity contribution in [3.63, 3.8) is 0 Å². The summed E-state index contributed by atoms with van der Waals surface area (Å²) in [5.41, 5.74) is 0.870. The summed E-state index contributed by atoms with van der Waals surface area (Å²) in [7, 11) is 0. The molecule has 0 amide bonds. The third kappa shape index (κ3) is 2.97. The van der Waals surface area contributed by atoms with Crippen LogP contribution < -0.4 is 0 Å². The molecule has 0 unspecified atom stereocenters. The summed E-state index contributed by atoms with van der Waals surface area (Å²) >= 11 is 1.24. The van der Waals surface area contributed by atoms with E-state index in [1.807, 2.05) is 0 Å². The van der Waals surface area contributed by atoms with Crippen molar-refractivity contribution in [1.29, 1.82) is 0 Å². The quantitative estimate of drug-likeness (QED) is 0.684. The van der Waals surface area contributed by atoms with Gasteiger partial charge in [-0.05, 0) is 37.3 Å². The Morgan fingerprint density at radius 2 is 1.85 bits per heavy atom. The lowest BCUT2D eigenvalue weighted by Gasteiger charge is -2.05. The summed E-state index contributed by atoms with van der Waals surface area (Å²) in [4.78, 5) is 22.7. The molecule has 0 bridgehead atoms. The van der Waals surface area contributed by atoms with Gasteiger partial charge in [0.25, 0.3) is 5.69 Å². The molecule has 0 saturated carbocycles. The van der Waals surface area contributed by atoms with Crippen molar-refractivity contribution in [2.24, 2.45) is 0 Å². The Bertz CT molecular complexity index is 667. The molecule has 0 fully saturated rings. The SMILES string of the molecule is Cc1cccc(Sc2ccc(C(=O)O)cc2)c1[N+](=O)[O-]. The third-order valence-corrected chi connectivity index (χ3v) is 3.77. The zero-order valence-corrected chi connectivity index (χ0v) is 11.4. The molecule has 0 aromatic heterocycles. The number of carbonyl (C=O) groups is 1. The summed E-state index contributed by atoms with van der Waals surface area (Å²) in [6.07, 6.45) is 0. The van der Waals surface area contributed by atoms with Crippen molar-refractivity contribution >= 4 is 23.4 Å². The van der Waals surface area contributed by atoms with Crippen molar-refractivity contribution in [1.82, 2.24) is 0 Å². The highest BCUT2D eigenvalue weighted by Crippen LogP contribution is 2.36. The molecule has 0 aliphatic rings. The normalized spacial score (nSPS) is 10.2. The number of nitro groups is 1. The lowest BCUT2D eigenvalue weighted by atomic mass is 10.2. The minimum atomic E-state index is -0.997. The number of rotatable bonds is 4. The molecule has 102 valence electrons. The van der Waals surface area contributed by atoms with Crippen LogP contribution in [0.4, 0.5) is 5.69 Å². The summed E-state index contributed by atoms with van der Waals surface area (Å²) in [5, 5.41) is 19.9. The lowest BCUT2D eigenvalue weighted by molar-refractivity contribution is -0.388. The summed E-state index contributed by atoms with van der Waals surface area (Å²) < 4.78 is 0. The molecule has 0 heterocycles.